The van der Waals surface area contributed by atoms with Crippen molar-refractivity contribution in [2.45, 2.75) is 11.3 Å². The van der Waals surface area contributed by atoms with Crippen LogP contribution in [0.2, 0.25) is 10.0 Å². The number of carbonyl (C=O) groups is 1. The van der Waals surface area contributed by atoms with Crippen molar-refractivity contribution in [3.8, 4) is 0 Å². The lowest BCUT2D eigenvalue weighted by atomic mass is 10.3. The maximum atomic E-state index is 12.7. The van der Waals surface area contributed by atoms with Gasteiger partial charge in [0.2, 0.25) is 15.9 Å². The third-order valence-corrected chi connectivity index (χ3v) is 6.88. The van der Waals surface area contributed by atoms with Gasteiger partial charge in [0.15, 0.2) is 0 Å². The van der Waals surface area contributed by atoms with Crippen LogP contribution in [-0.4, -0.2) is 75.2 Å². The molecular formula is C15H21Cl2N3O3S. The lowest BCUT2D eigenvalue weighted by Gasteiger charge is -2.34. The largest absolute Gasteiger partial charge is 0.349 e. The van der Waals surface area contributed by atoms with Crippen LogP contribution in [0.1, 0.15) is 6.42 Å². The number of hydrogen-bond acceptors (Lipinski definition) is 4. The maximum Gasteiger partial charge on any atom is 0.244 e. The Kier molecular flexibility index (Phi) is 6.50. The van der Waals surface area contributed by atoms with E-state index in [4.69, 9.17) is 23.2 Å². The van der Waals surface area contributed by atoms with Crippen LogP contribution in [0.5, 0.6) is 0 Å². The summed E-state index contributed by atoms with van der Waals surface area (Å²) < 4.78 is 26.9. The smallest absolute Gasteiger partial charge is 0.244 e. The van der Waals surface area contributed by atoms with Gasteiger partial charge in [-0.05, 0) is 12.1 Å². The van der Waals surface area contributed by atoms with Crippen molar-refractivity contribution in [3.63, 3.8) is 0 Å². The number of rotatable bonds is 5. The highest BCUT2D eigenvalue weighted by Gasteiger charge is 2.30. The molecule has 0 saturated carbocycles. The predicted octanol–water partition coefficient (Wildman–Crippen LogP) is 1.78. The van der Waals surface area contributed by atoms with Gasteiger partial charge in [-0.15, -0.1) is 0 Å². The van der Waals surface area contributed by atoms with E-state index in [-0.39, 0.29) is 20.8 Å². The van der Waals surface area contributed by atoms with Crippen LogP contribution in [-0.2, 0) is 14.8 Å². The van der Waals surface area contributed by atoms with E-state index in [1.807, 2.05) is 0 Å². The van der Waals surface area contributed by atoms with Crippen molar-refractivity contribution in [2.75, 3.05) is 46.8 Å². The topological polar surface area (TPSA) is 60.9 Å². The Morgan fingerprint density at radius 2 is 1.79 bits per heavy atom. The molecule has 1 amide bonds. The second-order valence-electron chi connectivity index (χ2n) is 5.84. The Balaban J connectivity index is 1.99. The van der Waals surface area contributed by atoms with Crippen molar-refractivity contribution >= 4 is 39.1 Å². The van der Waals surface area contributed by atoms with Crippen LogP contribution in [0.15, 0.2) is 23.1 Å². The fourth-order valence-electron chi connectivity index (χ4n) is 2.49. The second kappa shape index (κ2) is 8.01. The van der Waals surface area contributed by atoms with Gasteiger partial charge in [-0.25, -0.2) is 8.42 Å². The normalized spacial score (nSPS) is 17.0. The highest BCUT2D eigenvalue weighted by Crippen LogP contribution is 2.31. The minimum absolute atomic E-state index is 0.0351. The Morgan fingerprint density at radius 1 is 1.17 bits per heavy atom. The number of hydrogen-bond donors (Lipinski definition) is 0. The Labute approximate surface area is 153 Å². The minimum atomic E-state index is -3.67. The maximum absolute atomic E-state index is 12.7. The zero-order valence-corrected chi connectivity index (χ0v) is 16.0. The molecule has 0 unspecified atom stereocenters. The molecule has 1 aromatic rings. The van der Waals surface area contributed by atoms with E-state index in [9.17, 15) is 13.2 Å². The zero-order chi connectivity index (χ0) is 17.9. The summed E-state index contributed by atoms with van der Waals surface area (Å²) in [6.45, 7) is 2.52. The van der Waals surface area contributed by atoms with E-state index in [2.05, 4.69) is 4.90 Å². The van der Waals surface area contributed by atoms with Crippen LogP contribution in [0.4, 0.5) is 0 Å². The van der Waals surface area contributed by atoms with Gasteiger partial charge in [0.05, 0.1) is 10.0 Å². The van der Waals surface area contributed by atoms with Crippen molar-refractivity contribution in [1.29, 1.82) is 0 Å². The third-order valence-electron chi connectivity index (χ3n) is 4.01. The molecule has 2 rings (SSSR count). The quantitative estimate of drug-likeness (QED) is 0.764. The van der Waals surface area contributed by atoms with Crippen molar-refractivity contribution in [3.05, 3.63) is 28.2 Å². The predicted molar refractivity (Wildman–Crippen MR) is 95.0 cm³/mol. The molecule has 134 valence electrons. The van der Waals surface area contributed by atoms with Crippen LogP contribution >= 0.6 is 23.2 Å². The van der Waals surface area contributed by atoms with Gasteiger partial charge >= 0.3 is 0 Å². The van der Waals surface area contributed by atoms with Gasteiger partial charge in [-0.3, -0.25) is 4.79 Å². The van der Waals surface area contributed by atoms with Crippen LogP contribution in [0.25, 0.3) is 0 Å². The lowest BCUT2D eigenvalue weighted by Crippen LogP contribution is -2.49. The third kappa shape index (κ3) is 4.40. The van der Waals surface area contributed by atoms with Crippen LogP contribution < -0.4 is 0 Å². The Bertz CT molecular complexity index is 702. The number of amides is 1. The first-order valence-corrected chi connectivity index (χ1v) is 9.79. The Hall–Kier alpha value is -0.860. The standard InChI is InChI=1S/C15H21Cl2N3O3S/c1-18(2)14(21)6-7-19-8-10-20(11-9-19)24(22,23)13-5-3-4-12(16)15(13)17/h3-5H,6-11H2,1-2H3. The van der Waals surface area contributed by atoms with Gasteiger partial charge in [-0.1, -0.05) is 29.3 Å². The number of sulfonamides is 1. The molecule has 0 aromatic heterocycles. The van der Waals surface area contributed by atoms with Gasteiger partial charge in [-0.2, -0.15) is 4.31 Å². The molecule has 0 radical (unpaired) electrons. The van der Waals surface area contributed by atoms with Crippen molar-refractivity contribution < 1.29 is 13.2 Å². The van der Waals surface area contributed by atoms with Gasteiger partial charge in [0.25, 0.3) is 0 Å². The SMILES string of the molecule is CN(C)C(=O)CCN1CCN(S(=O)(=O)c2cccc(Cl)c2Cl)CC1. The first-order chi connectivity index (χ1) is 11.2. The first kappa shape index (κ1) is 19.5. The molecular weight excluding hydrogens is 373 g/mol. The molecule has 0 bridgehead atoms. The van der Waals surface area contributed by atoms with E-state index >= 15 is 0 Å². The summed E-state index contributed by atoms with van der Waals surface area (Å²) in [5, 5.41) is 0.275. The summed E-state index contributed by atoms with van der Waals surface area (Å²) >= 11 is 12.0. The fraction of sp³-hybridized carbons (Fsp3) is 0.533. The number of carbonyl (C=O) groups excluding carboxylic acids is 1. The van der Waals surface area contributed by atoms with Gasteiger partial charge in [0, 0.05) is 53.2 Å². The fourth-order valence-corrected chi connectivity index (χ4v) is 4.65. The molecule has 24 heavy (non-hydrogen) atoms. The van der Waals surface area contributed by atoms with Crippen LogP contribution in [0, 0.1) is 0 Å². The Morgan fingerprint density at radius 3 is 2.38 bits per heavy atom. The molecule has 6 nitrogen and oxygen atoms in total. The van der Waals surface area contributed by atoms with E-state index in [1.54, 1.807) is 31.1 Å². The second-order valence-corrected chi connectivity index (χ2v) is 8.53. The van der Waals surface area contributed by atoms with E-state index in [0.29, 0.717) is 39.1 Å². The van der Waals surface area contributed by atoms with Crippen LogP contribution in [0.3, 0.4) is 0 Å². The van der Waals surface area contributed by atoms with E-state index < -0.39 is 10.0 Å². The minimum Gasteiger partial charge on any atom is -0.349 e. The van der Waals surface area contributed by atoms with E-state index in [0.717, 1.165) is 0 Å². The van der Waals surface area contributed by atoms with Crippen molar-refractivity contribution in [2.24, 2.45) is 0 Å². The molecule has 1 aliphatic heterocycles. The zero-order valence-electron chi connectivity index (χ0n) is 13.7. The summed E-state index contributed by atoms with van der Waals surface area (Å²) in [4.78, 5) is 15.3. The van der Waals surface area contributed by atoms with Gasteiger partial charge < -0.3 is 9.80 Å². The summed E-state index contributed by atoms with van der Waals surface area (Å²) in [5.41, 5.74) is 0. The average molecular weight is 394 g/mol. The summed E-state index contributed by atoms with van der Waals surface area (Å²) in [6.07, 6.45) is 0.430. The average Bonchev–Trinajstić information content (AvgIpc) is 2.55. The van der Waals surface area contributed by atoms with Crippen molar-refractivity contribution in [1.82, 2.24) is 14.1 Å². The molecule has 1 aliphatic rings. The lowest BCUT2D eigenvalue weighted by molar-refractivity contribution is -0.129. The molecule has 1 heterocycles. The molecule has 0 atom stereocenters. The highest BCUT2D eigenvalue weighted by atomic mass is 35.5. The number of benzene rings is 1. The molecule has 0 aliphatic carbocycles. The molecule has 1 saturated heterocycles. The molecule has 1 aromatic carbocycles. The molecule has 1 fully saturated rings. The summed E-state index contributed by atoms with van der Waals surface area (Å²) in [5.74, 6) is 0.0655. The number of nitrogens with zero attached hydrogens (tertiary/aromatic N) is 3. The highest BCUT2D eigenvalue weighted by molar-refractivity contribution is 7.89. The monoisotopic (exact) mass is 393 g/mol. The molecule has 9 heteroatoms. The number of piperazine rings is 1. The first-order valence-electron chi connectivity index (χ1n) is 7.60. The van der Waals surface area contributed by atoms with Gasteiger partial charge in [0.1, 0.15) is 4.90 Å². The molecule has 0 N–H and O–H groups in total. The molecule has 0 spiro atoms. The van der Waals surface area contributed by atoms with E-state index in [1.165, 1.54) is 10.4 Å². The summed E-state index contributed by atoms with van der Waals surface area (Å²) in [6, 6.07) is 4.60. The number of halogens is 2. The summed E-state index contributed by atoms with van der Waals surface area (Å²) in [7, 11) is -0.221.